The highest BCUT2D eigenvalue weighted by Crippen LogP contribution is 2.36. The van der Waals surface area contributed by atoms with Gasteiger partial charge in [-0.1, -0.05) is 27.7 Å². The summed E-state index contributed by atoms with van der Waals surface area (Å²) in [4.78, 5) is 10.7. The molecule has 0 aromatic rings. The predicted octanol–water partition coefficient (Wildman–Crippen LogP) is 1.19. The lowest BCUT2D eigenvalue weighted by Gasteiger charge is -2.35. The standard InChI is InChI=1S/C11H24N2O2/c1-10(2,5-8(13)9(14)15)6-11(3,4)7-12/h8H,5-7,12-13H2,1-4H3,(H,14,15). The van der Waals surface area contributed by atoms with Gasteiger partial charge in [-0.3, -0.25) is 4.79 Å². The van der Waals surface area contributed by atoms with Gasteiger partial charge >= 0.3 is 5.97 Å². The van der Waals surface area contributed by atoms with Crippen LogP contribution < -0.4 is 11.5 Å². The summed E-state index contributed by atoms with van der Waals surface area (Å²) in [6, 6.07) is -0.784. The molecule has 90 valence electrons. The molecule has 15 heavy (non-hydrogen) atoms. The molecule has 0 aliphatic heterocycles. The van der Waals surface area contributed by atoms with Crippen LogP contribution >= 0.6 is 0 Å². The molecular formula is C11H24N2O2. The van der Waals surface area contributed by atoms with E-state index < -0.39 is 12.0 Å². The number of nitrogens with two attached hydrogens (primary N) is 2. The second-order valence-corrected chi connectivity index (χ2v) is 5.86. The highest BCUT2D eigenvalue weighted by atomic mass is 16.4. The van der Waals surface area contributed by atoms with Crippen molar-refractivity contribution in [2.75, 3.05) is 6.54 Å². The number of carboxylic acid groups (broad SMARTS) is 1. The van der Waals surface area contributed by atoms with Gasteiger partial charge in [0.25, 0.3) is 0 Å². The van der Waals surface area contributed by atoms with E-state index in [-0.39, 0.29) is 10.8 Å². The largest absolute Gasteiger partial charge is 0.480 e. The van der Waals surface area contributed by atoms with Crippen LogP contribution in [0, 0.1) is 10.8 Å². The Balaban J connectivity index is 4.36. The number of rotatable bonds is 6. The zero-order valence-electron chi connectivity index (χ0n) is 10.2. The van der Waals surface area contributed by atoms with Gasteiger partial charge in [0.05, 0.1) is 0 Å². The highest BCUT2D eigenvalue weighted by Gasteiger charge is 2.31. The monoisotopic (exact) mass is 216 g/mol. The van der Waals surface area contributed by atoms with Crippen LogP contribution in [0.15, 0.2) is 0 Å². The van der Waals surface area contributed by atoms with Gasteiger partial charge < -0.3 is 16.6 Å². The first kappa shape index (κ1) is 14.4. The molecule has 0 aliphatic rings. The molecule has 0 heterocycles. The maximum atomic E-state index is 10.7. The summed E-state index contributed by atoms with van der Waals surface area (Å²) in [5, 5.41) is 8.75. The molecule has 0 saturated carbocycles. The lowest BCUT2D eigenvalue weighted by atomic mass is 9.72. The SMILES string of the molecule is CC(C)(CN)CC(C)(C)CC(N)C(=O)O. The highest BCUT2D eigenvalue weighted by molar-refractivity contribution is 5.73. The Morgan fingerprint density at radius 1 is 1.27 bits per heavy atom. The Morgan fingerprint density at radius 3 is 2.07 bits per heavy atom. The first-order valence-electron chi connectivity index (χ1n) is 5.28. The maximum Gasteiger partial charge on any atom is 0.320 e. The third kappa shape index (κ3) is 5.74. The van der Waals surface area contributed by atoms with Crippen molar-refractivity contribution in [3.63, 3.8) is 0 Å². The van der Waals surface area contributed by atoms with Gasteiger partial charge in [-0.05, 0) is 30.2 Å². The van der Waals surface area contributed by atoms with E-state index in [1.807, 2.05) is 13.8 Å². The summed E-state index contributed by atoms with van der Waals surface area (Å²) in [5.74, 6) is -0.936. The first-order valence-corrected chi connectivity index (χ1v) is 5.28. The van der Waals surface area contributed by atoms with Crippen LogP contribution in [-0.2, 0) is 4.79 Å². The van der Waals surface area contributed by atoms with Crippen molar-refractivity contribution in [2.45, 2.75) is 46.6 Å². The number of hydrogen-bond donors (Lipinski definition) is 3. The molecule has 1 unspecified atom stereocenters. The Kier molecular flexibility index (Phi) is 4.74. The predicted molar refractivity (Wildman–Crippen MR) is 61.5 cm³/mol. The number of carboxylic acids is 1. The lowest BCUT2D eigenvalue weighted by molar-refractivity contribution is -0.139. The zero-order chi connectivity index (χ0) is 12.3. The van der Waals surface area contributed by atoms with Gasteiger partial charge in [0, 0.05) is 0 Å². The third-order valence-electron chi connectivity index (χ3n) is 2.60. The zero-order valence-corrected chi connectivity index (χ0v) is 10.2. The number of hydrogen-bond acceptors (Lipinski definition) is 3. The molecule has 0 bridgehead atoms. The molecule has 0 amide bonds. The number of carbonyl (C=O) groups is 1. The molecule has 0 saturated heterocycles. The van der Waals surface area contributed by atoms with Gasteiger partial charge in [0.2, 0.25) is 0 Å². The Bertz CT molecular complexity index is 225. The minimum atomic E-state index is -0.936. The van der Waals surface area contributed by atoms with E-state index in [4.69, 9.17) is 16.6 Å². The topological polar surface area (TPSA) is 89.3 Å². The fourth-order valence-electron chi connectivity index (χ4n) is 2.12. The summed E-state index contributed by atoms with van der Waals surface area (Å²) in [7, 11) is 0. The lowest BCUT2D eigenvalue weighted by Crippen LogP contribution is -2.38. The summed E-state index contributed by atoms with van der Waals surface area (Å²) in [5.41, 5.74) is 11.1. The molecule has 0 spiro atoms. The van der Waals surface area contributed by atoms with E-state index >= 15 is 0 Å². The van der Waals surface area contributed by atoms with Crippen LogP contribution in [0.25, 0.3) is 0 Å². The maximum absolute atomic E-state index is 10.7. The minimum absolute atomic E-state index is 0.0295. The van der Waals surface area contributed by atoms with Crippen LogP contribution in [0.4, 0.5) is 0 Å². The van der Waals surface area contributed by atoms with E-state index in [2.05, 4.69) is 13.8 Å². The second-order valence-electron chi connectivity index (χ2n) is 5.86. The minimum Gasteiger partial charge on any atom is -0.480 e. The van der Waals surface area contributed by atoms with Crippen molar-refractivity contribution in [1.29, 1.82) is 0 Å². The molecule has 0 aromatic heterocycles. The van der Waals surface area contributed by atoms with Crippen LogP contribution in [0.1, 0.15) is 40.5 Å². The Morgan fingerprint density at radius 2 is 1.73 bits per heavy atom. The summed E-state index contributed by atoms with van der Waals surface area (Å²) < 4.78 is 0. The van der Waals surface area contributed by atoms with Crippen molar-refractivity contribution in [2.24, 2.45) is 22.3 Å². The number of aliphatic carboxylic acids is 1. The fraction of sp³-hybridized carbons (Fsp3) is 0.909. The molecular weight excluding hydrogens is 192 g/mol. The van der Waals surface area contributed by atoms with Crippen LogP contribution in [-0.4, -0.2) is 23.7 Å². The van der Waals surface area contributed by atoms with Crippen molar-refractivity contribution in [3.05, 3.63) is 0 Å². The molecule has 4 heteroatoms. The van der Waals surface area contributed by atoms with Crippen molar-refractivity contribution >= 4 is 5.97 Å². The van der Waals surface area contributed by atoms with Gasteiger partial charge in [-0.15, -0.1) is 0 Å². The van der Waals surface area contributed by atoms with Crippen LogP contribution in [0.3, 0.4) is 0 Å². The van der Waals surface area contributed by atoms with Crippen LogP contribution in [0.5, 0.6) is 0 Å². The van der Waals surface area contributed by atoms with E-state index in [0.717, 1.165) is 6.42 Å². The van der Waals surface area contributed by atoms with E-state index in [1.165, 1.54) is 0 Å². The molecule has 4 nitrogen and oxygen atoms in total. The Labute approximate surface area is 92.0 Å². The average molecular weight is 216 g/mol. The molecule has 0 rings (SSSR count). The second kappa shape index (κ2) is 4.94. The normalized spacial score (nSPS) is 15.1. The van der Waals surface area contributed by atoms with Gasteiger partial charge in [0.15, 0.2) is 0 Å². The Hall–Kier alpha value is -0.610. The van der Waals surface area contributed by atoms with Gasteiger partial charge in [-0.25, -0.2) is 0 Å². The smallest absolute Gasteiger partial charge is 0.320 e. The van der Waals surface area contributed by atoms with E-state index in [0.29, 0.717) is 13.0 Å². The first-order chi connectivity index (χ1) is 6.59. The van der Waals surface area contributed by atoms with Crippen molar-refractivity contribution < 1.29 is 9.90 Å². The quantitative estimate of drug-likeness (QED) is 0.622. The molecule has 0 fully saturated rings. The third-order valence-corrected chi connectivity index (χ3v) is 2.60. The van der Waals surface area contributed by atoms with E-state index in [1.54, 1.807) is 0 Å². The summed E-state index contributed by atoms with van der Waals surface area (Å²) in [6.07, 6.45) is 1.35. The fourth-order valence-corrected chi connectivity index (χ4v) is 2.12. The molecule has 5 N–H and O–H groups in total. The molecule has 0 aliphatic carbocycles. The molecule has 0 radical (unpaired) electrons. The molecule has 0 aromatic carbocycles. The van der Waals surface area contributed by atoms with Gasteiger partial charge in [-0.2, -0.15) is 0 Å². The van der Waals surface area contributed by atoms with E-state index in [9.17, 15) is 4.79 Å². The summed E-state index contributed by atoms with van der Waals surface area (Å²) >= 11 is 0. The van der Waals surface area contributed by atoms with Crippen LogP contribution in [0.2, 0.25) is 0 Å². The van der Waals surface area contributed by atoms with Crippen molar-refractivity contribution in [1.82, 2.24) is 0 Å². The summed E-state index contributed by atoms with van der Waals surface area (Å²) in [6.45, 7) is 8.83. The van der Waals surface area contributed by atoms with Gasteiger partial charge in [0.1, 0.15) is 6.04 Å². The average Bonchev–Trinajstić information content (AvgIpc) is 2.01. The molecule has 1 atom stereocenters. The van der Waals surface area contributed by atoms with Crippen molar-refractivity contribution in [3.8, 4) is 0 Å².